The fourth-order valence-electron chi connectivity index (χ4n) is 12.6. The molecule has 8 rings (SSSR count). The third-order valence-electron chi connectivity index (χ3n) is 18.1. The zero-order valence-electron chi connectivity index (χ0n) is 56.2. The van der Waals surface area contributed by atoms with Crippen LogP contribution in [-0.4, -0.2) is 106 Å². The van der Waals surface area contributed by atoms with E-state index in [4.69, 9.17) is 42.6 Å². The third-order valence-corrected chi connectivity index (χ3v) is 18.1. The predicted octanol–water partition coefficient (Wildman–Crippen LogP) is 17.3. The first-order valence-corrected chi connectivity index (χ1v) is 35.8. The number of hydrogen-bond donors (Lipinski definition) is 1. The summed E-state index contributed by atoms with van der Waals surface area (Å²) in [5.41, 5.74) is 6.16. The first-order valence-electron chi connectivity index (χ1n) is 35.8. The minimum Gasteiger partial charge on any atom is -0.379 e. The molecule has 0 saturated carbocycles. The Bertz CT molecular complexity index is 2760. The molecule has 6 aromatic rings. The van der Waals surface area contributed by atoms with E-state index in [-0.39, 0.29) is 32.3 Å². The van der Waals surface area contributed by atoms with Gasteiger partial charge in [-0.2, -0.15) is 0 Å². The summed E-state index contributed by atoms with van der Waals surface area (Å²) in [7, 11) is 0. The van der Waals surface area contributed by atoms with Crippen LogP contribution in [0.25, 0.3) is 0 Å². The summed E-state index contributed by atoms with van der Waals surface area (Å²) in [5.74, 6) is -0.0423. The number of ether oxygens (including phenoxy) is 9. The normalized spacial score (nSPS) is 18.7. The first kappa shape index (κ1) is 73.2. The maximum atomic E-state index is 14.8. The lowest BCUT2D eigenvalue weighted by Crippen LogP contribution is -2.62. The van der Waals surface area contributed by atoms with Gasteiger partial charge in [-0.15, -0.1) is 0 Å². The molecule has 0 aromatic heterocycles. The highest BCUT2D eigenvalue weighted by Gasteiger charge is 2.50. The molecule has 0 aliphatic carbocycles. The number of benzene rings is 6. The van der Waals surface area contributed by atoms with E-state index in [1.165, 1.54) is 89.9 Å². The first-order chi connectivity index (χ1) is 46.1. The third kappa shape index (κ3) is 29.1. The molecule has 0 bridgehead atoms. The Labute approximate surface area is 559 Å². The highest BCUT2D eigenvalue weighted by atomic mass is 16.7. The maximum absolute atomic E-state index is 14.8. The van der Waals surface area contributed by atoms with Gasteiger partial charge in [-0.3, -0.25) is 9.69 Å². The number of carbonyl (C=O) groups is 1. The van der Waals surface area contributed by atoms with Crippen molar-refractivity contribution in [1.82, 2.24) is 10.2 Å². The van der Waals surface area contributed by atoms with E-state index in [2.05, 4.69) is 102 Å². The monoisotopic (exact) mass is 1270 g/mol. The topological polar surface area (TPSA) is 115 Å². The second-order valence-electron chi connectivity index (χ2n) is 25.6. The molecule has 2 aliphatic rings. The minimum atomic E-state index is -1.01. The van der Waals surface area contributed by atoms with Crippen LogP contribution >= 0.6 is 0 Å². The molecule has 2 heterocycles. The number of morpholine rings is 1. The van der Waals surface area contributed by atoms with E-state index in [9.17, 15) is 4.79 Å². The molecule has 8 atom stereocenters. The zero-order chi connectivity index (χ0) is 64.3. The van der Waals surface area contributed by atoms with Gasteiger partial charge in [-0.1, -0.05) is 304 Å². The largest absolute Gasteiger partial charge is 0.379 e. The Morgan fingerprint density at radius 2 is 0.860 bits per heavy atom. The summed E-state index contributed by atoms with van der Waals surface area (Å²) in [6.07, 6.45) is 20.2. The Hall–Kier alpha value is -5.61. The summed E-state index contributed by atoms with van der Waals surface area (Å²) < 4.78 is 62.5. The molecule has 6 aromatic carbocycles. The van der Waals surface area contributed by atoms with E-state index < -0.39 is 49.0 Å². The van der Waals surface area contributed by atoms with Crippen LogP contribution in [0.15, 0.2) is 182 Å². The Morgan fingerprint density at radius 1 is 0.452 bits per heavy atom. The summed E-state index contributed by atoms with van der Waals surface area (Å²) in [6.45, 7) is 9.37. The van der Waals surface area contributed by atoms with Gasteiger partial charge in [-0.05, 0) is 59.2 Å². The minimum absolute atomic E-state index is 0.0226. The molecule has 0 radical (unpaired) electrons. The summed E-state index contributed by atoms with van der Waals surface area (Å²) in [5, 5.41) is 3.55. The summed E-state index contributed by atoms with van der Waals surface area (Å²) in [6, 6.07) is 60.7. The summed E-state index contributed by atoms with van der Waals surface area (Å²) >= 11 is 0. The lowest BCUT2D eigenvalue weighted by atomic mass is 9.97. The molecule has 1 N–H and O–H groups in total. The van der Waals surface area contributed by atoms with Crippen LogP contribution in [0, 0.1) is 0 Å². The number of nitrogens with zero attached hydrogens (tertiary/aromatic N) is 1. The Balaban J connectivity index is 1.07. The van der Waals surface area contributed by atoms with Crippen LogP contribution in [0.2, 0.25) is 0 Å². The summed E-state index contributed by atoms with van der Waals surface area (Å²) in [4.78, 5) is 17.4. The van der Waals surface area contributed by atoms with Crippen LogP contribution in [-0.2, 0) is 87.1 Å². The van der Waals surface area contributed by atoms with Crippen molar-refractivity contribution >= 4 is 5.91 Å². The molecule has 12 heteroatoms. The van der Waals surface area contributed by atoms with Crippen molar-refractivity contribution < 1.29 is 47.4 Å². The van der Waals surface area contributed by atoms with Crippen LogP contribution in [0.5, 0.6) is 0 Å². The van der Waals surface area contributed by atoms with Gasteiger partial charge in [0.05, 0.1) is 78.2 Å². The van der Waals surface area contributed by atoms with Crippen molar-refractivity contribution in [3.05, 3.63) is 215 Å². The average Bonchev–Trinajstić information content (AvgIpc) is 1.02. The lowest BCUT2D eigenvalue weighted by Gasteiger charge is -2.46. The van der Waals surface area contributed by atoms with E-state index >= 15 is 0 Å². The quantitative estimate of drug-likeness (QED) is 0.0368. The smallest absolute Gasteiger partial charge is 0.220 e. The maximum Gasteiger partial charge on any atom is 0.220 e. The van der Waals surface area contributed by atoms with Gasteiger partial charge in [0.25, 0.3) is 0 Å². The van der Waals surface area contributed by atoms with Gasteiger partial charge < -0.3 is 47.9 Å². The SMILES string of the molecule is CCCCCCCCCCCCCC[C@@H](OCc1ccccc1)[C@@H](OCc1ccccc1)[C@H](CO[C@H]1O[C@H](COCc2ccccc2)[C@H](OCc2ccccc2)[C@H](OCc2ccccc2)[C@H]1OCc1ccccc1)NC(=O)CCCCCCCCCCN1CCOCC1. The van der Waals surface area contributed by atoms with Crippen molar-refractivity contribution in [3.63, 3.8) is 0 Å². The number of unbranched alkanes of at least 4 members (excludes halogenated alkanes) is 18. The van der Waals surface area contributed by atoms with Crippen molar-refractivity contribution in [3.8, 4) is 0 Å². The van der Waals surface area contributed by atoms with E-state index in [0.717, 1.165) is 111 Å². The number of hydrogen-bond acceptors (Lipinski definition) is 11. The van der Waals surface area contributed by atoms with E-state index in [1.807, 2.05) is 97.1 Å². The molecule has 0 spiro atoms. The second kappa shape index (κ2) is 45.7. The molecule has 2 saturated heterocycles. The van der Waals surface area contributed by atoms with Crippen LogP contribution < -0.4 is 5.32 Å². The van der Waals surface area contributed by atoms with E-state index in [1.54, 1.807) is 0 Å². The van der Waals surface area contributed by atoms with E-state index in [0.29, 0.717) is 32.8 Å². The van der Waals surface area contributed by atoms with Crippen LogP contribution in [0.1, 0.15) is 182 Å². The van der Waals surface area contributed by atoms with Crippen molar-refractivity contribution in [2.45, 2.75) is 237 Å². The fraction of sp³-hybridized carbons (Fsp3) is 0.543. The van der Waals surface area contributed by atoms with Crippen LogP contribution in [0.3, 0.4) is 0 Å². The highest BCUT2D eigenvalue weighted by molar-refractivity contribution is 5.76. The Morgan fingerprint density at radius 3 is 1.35 bits per heavy atom. The molecule has 1 amide bonds. The Kier molecular flexibility index (Phi) is 36.0. The highest BCUT2D eigenvalue weighted by Crippen LogP contribution is 2.33. The van der Waals surface area contributed by atoms with Crippen molar-refractivity contribution in [1.29, 1.82) is 0 Å². The molecular formula is C81H112N2O10. The molecular weight excluding hydrogens is 1160 g/mol. The molecule has 2 aliphatic heterocycles. The number of amides is 1. The fourth-order valence-corrected chi connectivity index (χ4v) is 12.6. The molecule has 0 unspecified atom stereocenters. The van der Waals surface area contributed by atoms with Crippen molar-refractivity contribution in [2.75, 3.05) is 46.1 Å². The van der Waals surface area contributed by atoms with Gasteiger partial charge in [0.2, 0.25) is 5.91 Å². The van der Waals surface area contributed by atoms with Crippen LogP contribution in [0.4, 0.5) is 0 Å². The van der Waals surface area contributed by atoms with Gasteiger partial charge in [0.1, 0.15) is 30.5 Å². The number of rotatable bonds is 49. The van der Waals surface area contributed by atoms with Gasteiger partial charge in [0.15, 0.2) is 6.29 Å². The molecule has 2 fully saturated rings. The predicted molar refractivity (Wildman–Crippen MR) is 372 cm³/mol. The molecule has 12 nitrogen and oxygen atoms in total. The standard InChI is InChI=1S/C81H112N2O10/c1-2-3-4-5-6-7-8-9-10-13-16-37-52-74(87-60-68-42-27-20-28-43-68)77(88-61-69-44-29-21-30-45-69)73(82-76(84)53-38-17-14-11-12-15-18-39-54-83-55-57-85-58-56-83)65-92-81-80(91-64-72-50-35-24-36-51-72)79(90-63-71-48-33-23-34-49-71)78(89-62-70-46-31-22-32-47-70)75(93-81)66-86-59-67-40-25-19-26-41-67/h19-36,40-51,73-75,77-81H,2-18,37-39,52-66H2,1H3,(H,82,84)/t73-,74+,75+,77-,78-,79-,80+,81-/m0/s1. The zero-order valence-corrected chi connectivity index (χ0v) is 56.2. The lowest BCUT2D eigenvalue weighted by molar-refractivity contribution is -0.330. The van der Waals surface area contributed by atoms with Gasteiger partial charge in [0, 0.05) is 19.5 Å². The second-order valence-corrected chi connectivity index (χ2v) is 25.6. The molecule has 93 heavy (non-hydrogen) atoms. The number of nitrogens with one attached hydrogen (secondary N) is 1. The van der Waals surface area contributed by atoms with Gasteiger partial charge >= 0.3 is 0 Å². The van der Waals surface area contributed by atoms with Gasteiger partial charge in [-0.25, -0.2) is 0 Å². The molecule has 506 valence electrons. The number of carbonyl (C=O) groups excluding carboxylic acids is 1. The van der Waals surface area contributed by atoms with Crippen molar-refractivity contribution in [2.24, 2.45) is 0 Å². The average molecular weight is 1270 g/mol.